The number of halogens is 1. The fourth-order valence-corrected chi connectivity index (χ4v) is 3.45. The van der Waals surface area contributed by atoms with Crippen LogP contribution in [0, 0.1) is 6.92 Å². The van der Waals surface area contributed by atoms with Crippen LogP contribution in [0.25, 0.3) is 0 Å². The smallest absolute Gasteiger partial charge is 0.297 e. The molecule has 0 radical (unpaired) electrons. The van der Waals surface area contributed by atoms with Gasteiger partial charge in [0.1, 0.15) is 0 Å². The maximum atomic E-state index is 12.0. The maximum absolute atomic E-state index is 12.0. The van der Waals surface area contributed by atoms with Crippen molar-refractivity contribution in [3.63, 3.8) is 0 Å². The van der Waals surface area contributed by atoms with Gasteiger partial charge >= 0.3 is 0 Å². The topological polar surface area (TPSA) is 108 Å². The zero-order valence-electron chi connectivity index (χ0n) is 20.5. The summed E-state index contributed by atoms with van der Waals surface area (Å²) in [5.74, 6) is 0.489. The molecule has 0 aliphatic heterocycles. The van der Waals surface area contributed by atoms with Crippen molar-refractivity contribution in [1.82, 2.24) is 0 Å². The number of alkyl halides is 1. The third kappa shape index (κ3) is 19.0. The number of rotatable bonds is 25. The Morgan fingerprint density at radius 3 is 1.20 bits per heavy atom. The second kappa shape index (κ2) is 22.3. The number of hydrogen-bond acceptors (Lipinski definition) is 10. The number of aryl methyl sites for hydroxylation is 1. The molecule has 10 nitrogen and oxygen atoms in total. The molecule has 0 aromatic heterocycles. The fourth-order valence-electron chi connectivity index (χ4n) is 2.45. The van der Waals surface area contributed by atoms with Crippen LogP contribution in [0.2, 0.25) is 0 Å². The number of benzene rings is 1. The predicted octanol–water partition coefficient (Wildman–Crippen LogP) is 2.06. The van der Waals surface area contributed by atoms with E-state index in [1.165, 1.54) is 12.1 Å². The highest BCUT2D eigenvalue weighted by Gasteiger charge is 2.14. The van der Waals surface area contributed by atoms with Crippen LogP contribution < -0.4 is 0 Å². The molecule has 12 heteroatoms. The van der Waals surface area contributed by atoms with E-state index in [0.717, 1.165) is 5.56 Å². The maximum Gasteiger partial charge on any atom is 0.297 e. The molecule has 0 aliphatic rings. The molecule has 1 aromatic carbocycles. The van der Waals surface area contributed by atoms with Gasteiger partial charge in [-0.1, -0.05) is 17.7 Å². The van der Waals surface area contributed by atoms with Gasteiger partial charge in [-0.2, -0.15) is 8.42 Å². The van der Waals surface area contributed by atoms with Crippen molar-refractivity contribution < 1.29 is 45.8 Å². The van der Waals surface area contributed by atoms with Crippen LogP contribution in [0.5, 0.6) is 0 Å². The Morgan fingerprint density at radius 1 is 0.543 bits per heavy atom. The SMILES string of the molecule is Cc1ccc(S(=O)(=O)OCCOCCOCCOCCOCCOCCOCCOCCCl)cc1. The van der Waals surface area contributed by atoms with Gasteiger partial charge in [-0.05, 0) is 19.1 Å². The molecule has 1 aromatic rings. The highest BCUT2D eigenvalue weighted by molar-refractivity contribution is 7.86. The second-order valence-corrected chi connectivity index (χ2v) is 9.06. The van der Waals surface area contributed by atoms with Crippen LogP contribution in [0.15, 0.2) is 29.2 Å². The van der Waals surface area contributed by atoms with Crippen LogP contribution in [0.4, 0.5) is 0 Å². The summed E-state index contributed by atoms with van der Waals surface area (Å²) in [6.45, 7) is 8.15. The average Bonchev–Trinajstić information content (AvgIpc) is 2.84. The van der Waals surface area contributed by atoms with E-state index in [9.17, 15) is 8.42 Å². The molecule has 0 spiro atoms. The Hall–Kier alpha value is -0.860. The van der Waals surface area contributed by atoms with Gasteiger partial charge in [0.15, 0.2) is 0 Å². The van der Waals surface area contributed by atoms with Gasteiger partial charge in [0.05, 0.1) is 104 Å². The minimum atomic E-state index is -3.76. The minimum Gasteiger partial charge on any atom is -0.378 e. The second-order valence-electron chi connectivity index (χ2n) is 7.06. The van der Waals surface area contributed by atoms with Crippen LogP contribution in [0.1, 0.15) is 5.56 Å². The quantitative estimate of drug-likeness (QED) is 0.103. The monoisotopic (exact) mass is 542 g/mol. The molecular weight excluding hydrogens is 504 g/mol. The van der Waals surface area contributed by atoms with Crippen molar-refractivity contribution in [2.45, 2.75) is 11.8 Å². The molecule has 0 amide bonds. The third-order valence-electron chi connectivity index (χ3n) is 4.23. The lowest BCUT2D eigenvalue weighted by molar-refractivity contribution is -0.0207. The zero-order chi connectivity index (χ0) is 25.5. The first-order valence-corrected chi connectivity index (χ1v) is 13.6. The molecule has 35 heavy (non-hydrogen) atoms. The van der Waals surface area contributed by atoms with Crippen molar-refractivity contribution in [2.75, 3.05) is 105 Å². The molecule has 0 atom stereocenters. The summed E-state index contributed by atoms with van der Waals surface area (Å²) in [5.41, 5.74) is 0.978. The molecule has 0 N–H and O–H groups in total. The van der Waals surface area contributed by atoms with Gasteiger partial charge in [0, 0.05) is 5.88 Å². The van der Waals surface area contributed by atoms with Gasteiger partial charge in [0.25, 0.3) is 10.1 Å². The molecule has 0 bridgehead atoms. The highest BCUT2D eigenvalue weighted by Crippen LogP contribution is 2.12. The van der Waals surface area contributed by atoms with E-state index < -0.39 is 10.1 Å². The first-order chi connectivity index (χ1) is 17.1. The average molecular weight is 543 g/mol. The largest absolute Gasteiger partial charge is 0.378 e. The molecular formula is C23H39ClO10S. The third-order valence-corrected chi connectivity index (χ3v) is 5.71. The van der Waals surface area contributed by atoms with Gasteiger partial charge < -0.3 is 33.2 Å². The van der Waals surface area contributed by atoms with Gasteiger partial charge in [-0.25, -0.2) is 0 Å². The molecule has 0 heterocycles. The Kier molecular flexibility index (Phi) is 20.5. The van der Waals surface area contributed by atoms with E-state index in [2.05, 4.69) is 0 Å². The molecule has 204 valence electrons. The highest BCUT2D eigenvalue weighted by atomic mass is 35.5. The van der Waals surface area contributed by atoms with E-state index >= 15 is 0 Å². The van der Waals surface area contributed by atoms with Gasteiger partial charge in [0.2, 0.25) is 0 Å². The lowest BCUT2D eigenvalue weighted by atomic mass is 10.2. The standard InChI is InChI=1S/C23H39ClO10S/c1-22-2-4-23(5-3-22)35(25,26)34-21-20-33-19-18-32-17-16-31-15-14-30-13-12-29-11-10-28-9-8-27-7-6-24/h2-5H,6-21H2,1H3. The summed E-state index contributed by atoms with van der Waals surface area (Å²) in [4.78, 5) is 0.132. The van der Waals surface area contributed by atoms with Gasteiger partial charge in [-0.15, -0.1) is 11.6 Å². The first-order valence-electron chi connectivity index (χ1n) is 11.6. The van der Waals surface area contributed by atoms with Crippen molar-refractivity contribution in [3.05, 3.63) is 29.8 Å². The molecule has 0 unspecified atom stereocenters. The molecule has 0 saturated heterocycles. The Morgan fingerprint density at radius 2 is 0.857 bits per heavy atom. The summed E-state index contributed by atoms with van der Waals surface area (Å²) in [6, 6.07) is 6.48. The van der Waals surface area contributed by atoms with Gasteiger partial charge in [-0.3, -0.25) is 4.18 Å². The Balaban J connectivity index is 1.76. The van der Waals surface area contributed by atoms with Crippen molar-refractivity contribution in [3.8, 4) is 0 Å². The molecule has 0 fully saturated rings. The van der Waals surface area contributed by atoms with Crippen LogP contribution >= 0.6 is 11.6 Å². The molecule has 0 saturated carbocycles. The normalized spacial score (nSPS) is 11.8. The van der Waals surface area contributed by atoms with Crippen LogP contribution in [-0.2, 0) is 47.5 Å². The van der Waals surface area contributed by atoms with Crippen molar-refractivity contribution >= 4 is 21.7 Å². The summed E-state index contributed by atoms with van der Waals surface area (Å²) in [5, 5.41) is 0. The Bertz CT molecular complexity index is 703. The Labute approximate surface area is 214 Å². The number of ether oxygens (including phenoxy) is 7. The summed E-state index contributed by atoms with van der Waals surface area (Å²) >= 11 is 5.49. The molecule has 0 aliphatic carbocycles. The fraction of sp³-hybridized carbons (Fsp3) is 0.739. The van der Waals surface area contributed by atoms with E-state index in [4.69, 9.17) is 48.9 Å². The number of hydrogen-bond donors (Lipinski definition) is 0. The summed E-state index contributed by atoms with van der Waals surface area (Å²) < 4.78 is 66.4. The summed E-state index contributed by atoms with van der Waals surface area (Å²) in [6.07, 6.45) is 0. The minimum absolute atomic E-state index is 0.0526. The molecule has 1 rings (SSSR count). The van der Waals surface area contributed by atoms with Crippen LogP contribution in [-0.4, -0.2) is 113 Å². The summed E-state index contributed by atoms with van der Waals surface area (Å²) in [7, 11) is -3.76. The van der Waals surface area contributed by atoms with Crippen LogP contribution in [0.3, 0.4) is 0 Å². The zero-order valence-corrected chi connectivity index (χ0v) is 22.1. The van der Waals surface area contributed by atoms with Crippen molar-refractivity contribution in [2.24, 2.45) is 0 Å². The van der Waals surface area contributed by atoms with E-state index in [1.807, 2.05) is 6.92 Å². The first kappa shape index (κ1) is 32.2. The van der Waals surface area contributed by atoms with E-state index in [0.29, 0.717) is 91.8 Å². The predicted molar refractivity (Wildman–Crippen MR) is 131 cm³/mol. The van der Waals surface area contributed by atoms with E-state index in [1.54, 1.807) is 12.1 Å². The van der Waals surface area contributed by atoms with E-state index in [-0.39, 0.29) is 18.1 Å². The lowest BCUT2D eigenvalue weighted by Crippen LogP contribution is -2.15. The lowest BCUT2D eigenvalue weighted by Gasteiger charge is -2.09. The van der Waals surface area contributed by atoms with Crippen molar-refractivity contribution in [1.29, 1.82) is 0 Å².